The molecule has 0 bridgehead atoms. The fourth-order valence-electron chi connectivity index (χ4n) is 2.28. The summed E-state index contributed by atoms with van der Waals surface area (Å²) in [5.74, 6) is -1.24. The van der Waals surface area contributed by atoms with E-state index >= 15 is 0 Å². The van der Waals surface area contributed by atoms with Crippen molar-refractivity contribution in [3.05, 3.63) is 47.8 Å². The van der Waals surface area contributed by atoms with E-state index in [-0.39, 0.29) is 12.5 Å². The standard InChI is InChI=1S/C17H21N3O4/c1-3-24-15-6-4-12(5-7-15)8-13(17(22)23)9-18-16(21)14-10-19-20(2)11-14/h4-7,10-11,13H,3,8-9H2,1-2H3,(H,18,21)(H,22,23). The Morgan fingerprint density at radius 3 is 2.58 bits per heavy atom. The molecule has 2 rings (SSSR count). The third-order valence-electron chi connectivity index (χ3n) is 3.54. The number of hydrogen-bond acceptors (Lipinski definition) is 4. The Labute approximate surface area is 140 Å². The van der Waals surface area contributed by atoms with E-state index in [0.29, 0.717) is 18.6 Å². The van der Waals surface area contributed by atoms with E-state index in [1.165, 1.54) is 10.9 Å². The lowest BCUT2D eigenvalue weighted by atomic mass is 9.99. The molecular formula is C17H21N3O4. The Hall–Kier alpha value is -2.83. The van der Waals surface area contributed by atoms with Gasteiger partial charge in [0.25, 0.3) is 5.91 Å². The summed E-state index contributed by atoms with van der Waals surface area (Å²) in [5.41, 5.74) is 1.28. The lowest BCUT2D eigenvalue weighted by Gasteiger charge is -2.13. The highest BCUT2D eigenvalue weighted by Crippen LogP contribution is 2.15. The van der Waals surface area contributed by atoms with Gasteiger partial charge in [0.15, 0.2) is 0 Å². The highest BCUT2D eigenvalue weighted by molar-refractivity contribution is 5.93. The lowest BCUT2D eigenvalue weighted by molar-refractivity contribution is -0.141. The van der Waals surface area contributed by atoms with E-state index in [1.807, 2.05) is 31.2 Å². The van der Waals surface area contributed by atoms with Crippen molar-refractivity contribution in [3.8, 4) is 5.75 Å². The maximum absolute atomic E-state index is 12.0. The van der Waals surface area contributed by atoms with Crippen LogP contribution >= 0.6 is 0 Å². The molecule has 24 heavy (non-hydrogen) atoms. The normalized spacial score (nSPS) is 11.8. The number of nitrogens with zero attached hydrogens (tertiary/aromatic N) is 2. The quantitative estimate of drug-likeness (QED) is 0.764. The Morgan fingerprint density at radius 2 is 2.04 bits per heavy atom. The molecule has 0 saturated heterocycles. The number of nitrogens with one attached hydrogen (secondary N) is 1. The van der Waals surface area contributed by atoms with Gasteiger partial charge in [-0.25, -0.2) is 0 Å². The maximum Gasteiger partial charge on any atom is 0.308 e. The third kappa shape index (κ3) is 4.84. The maximum atomic E-state index is 12.0. The number of carboxylic acids is 1. The summed E-state index contributed by atoms with van der Waals surface area (Å²) in [6.07, 6.45) is 3.35. The molecule has 0 aliphatic rings. The number of carboxylic acid groups (broad SMARTS) is 1. The molecule has 2 N–H and O–H groups in total. The second-order valence-corrected chi connectivity index (χ2v) is 5.43. The monoisotopic (exact) mass is 331 g/mol. The molecule has 2 aromatic rings. The molecule has 1 aromatic heterocycles. The molecule has 128 valence electrons. The average Bonchev–Trinajstić information content (AvgIpc) is 2.99. The number of hydrogen-bond donors (Lipinski definition) is 2. The van der Waals surface area contributed by atoms with Crippen LogP contribution in [0.2, 0.25) is 0 Å². The van der Waals surface area contributed by atoms with Crippen LogP contribution in [0.3, 0.4) is 0 Å². The van der Waals surface area contributed by atoms with E-state index in [0.717, 1.165) is 11.3 Å². The minimum Gasteiger partial charge on any atom is -0.494 e. The number of amides is 1. The summed E-state index contributed by atoms with van der Waals surface area (Å²) in [5, 5.41) is 15.9. The van der Waals surface area contributed by atoms with Crippen molar-refractivity contribution in [1.82, 2.24) is 15.1 Å². The Balaban J connectivity index is 1.94. The molecule has 1 atom stereocenters. The van der Waals surface area contributed by atoms with Crippen LogP contribution in [0.25, 0.3) is 0 Å². The van der Waals surface area contributed by atoms with Crippen LogP contribution in [0.5, 0.6) is 5.75 Å². The predicted octanol–water partition coefficient (Wildman–Crippen LogP) is 1.49. The van der Waals surface area contributed by atoms with Crippen molar-refractivity contribution in [3.63, 3.8) is 0 Å². The topological polar surface area (TPSA) is 93.5 Å². The summed E-state index contributed by atoms with van der Waals surface area (Å²) < 4.78 is 6.88. The molecule has 0 spiro atoms. The van der Waals surface area contributed by atoms with Gasteiger partial charge in [-0.05, 0) is 31.0 Å². The number of carbonyl (C=O) groups excluding carboxylic acids is 1. The van der Waals surface area contributed by atoms with Gasteiger partial charge in [-0.2, -0.15) is 5.10 Å². The number of rotatable bonds is 8. The number of carbonyl (C=O) groups is 2. The first-order valence-corrected chi connectivity index (χ1v) is 7.71. The average molecular weight is 331 g/mol. The van der Waals surface area contributed by atoms with E-state index in [2.05, 4.69) is 10.4 Å². The predicted molar refractivity (Wildman–Crippen MR) is 88.0 cm³/mol. The first-order valence-electron chi connectivity index (χ1n) is 7.71. The number of aromatic nitrogens is 2. The minimum atomic E-state index is -0.949. The van der Waals surface area contributed by atoms with Gasteiger partial charge in [-0.15, -0.1) is 0 Å². The fraction of sp³-hybridized carbons (Fsp3) is 0.353. The molecule has 0 fully saturated rings. The molecule has 0 aliphatic heterocycles. The van der Waals surface area contributed by atoms with Crippen LogP contribution in [0.1, 0.15) is 22.8 Å². The SMILES string of the molecule is CCOc1ccc(CC(CNC(=O)c2cnn(C)c2)C(=O)O)cc1. The second kappa shape index (κ2) is 8.14. The molecule has 7 heteroatoms. The van der Waals surface area contributed by atoms with Gasteiger partial charge in [0.05, 0.1) is 24.3 Å². The smallest absolute Gasteiger partial charge is 0.308 e. The summed E-state index contributed by atoms with van der Waals surface area (Å²) in [7, 11) is 1.71. The van der Waals surface area contributed by atoms with Crippen molar-refractivity contribution in [2.24, 2.45) is 13.0 Å². The summed E-state index contributed by atoms with van der Waals surface area (Å²) in [6.45, 7) is 2.53. The zero-order valence-corrected chi connectivity index (χ0v) is 13.7. The highest BCUT2D eigenvalue weighted by atomic mass is 16.5. The Bertz CT molecular complexity index is 694. The number of ether oxygens (including phenoxy) is 1. The van der Waals surface area contributed by atoms with Gasteiger partial charge >= 0.3 is 5.97 Å². The van der Waals surface area contributed by atoms with Gasteiger partial charge in [0.2, 0.25) is 0 Å². The molecule has 0 radical (unpaired) electrons. The van der Waals surface area contributed by atoms with Crippen LogP contribution in [0.4, 0.5) is 0 Å². The van der Waals surface area contributed by atoms with Crippen molar-refractivity contribution in [2.75, 3.05) is 13.2 Å². The van der Waals surface area contributed by atoms with Gasteiger partial charge in [-0.3, -0.25) is 14.3 Å². The van der Waals surface area contributed by atoms with Crippen molar-refractivity contribution < 1.29 is 19.4 Å². The molecule has 1 aromatic carbocycles. The first kappa shape index (κ1) is 17.5. The van der Waals surface area contributed by atoms with Crippen molar-refractivity contribution in [1.29, 1.82) is 0 Å². The largest absolute Gasteiger partial charge is 0.494 e. The van der Waals surface area contributed by atoms with Crippen molar-refractivity contribution >= 4 is 11.9 Å². The molecule has 1 unspecified atom stereocenters. The molecule has 0 aliphatic carbocycles. The van der Waals surface area contributed by atoms with E-state index in [1.54, 1.807) is 13.2 Å². The van der Waals surface area contributed by atoms with Gasteiger partial charge in [-0.1, -0.05) is 12.1 Å². The van der Waals surface area contributed by atoms with Crippen molar-refractivity contribution in [2.45, 2.75) is 13.3 Å². The fourth-order valence-corrected chi connectivity index (χ4v) is 2.28. The molecular weight excluding hydrogens is 310 g/mol. The Kier molecular flexibility index (Phi) is 5.95. The van der Waals surface area contributed by atoms with E-state index < -0.39 is 11.9 Å². The van der Waals surface area contributed by atoms with Crippen LogP contribution in [-0.2, 0) is 18.3 Å². The summed E-state index contributed by atoms with van der Waals surface area (Å²) in [4.78, 5) is 23.4. The zero-order chi connectivity index (χ0) is 17.5. The highest BCUT2D eigenvalue weighted by Gasteiger charge is 2.20. The third-order valence-corrected chi connectivity index (χ3v) is 3.54. The Morgan fingerprint density at radius 1 is 1.33 bits per heavy atom. The van der Waals surface area contributed by atoms with E-state index in [9.17, 15) is 14.7 Å². The summed E-state index contributed by atoms with van der Waals surface area (Å²) >= 11 is 0. The molecule has 1 heterocycles. The molecule has 1 amide bonds. The van der Waals surface area contributed by atoms with Crippen LogP contribution in [-0.4, -0.2) is 39.9 Å². The van der Waals surface area contributed by atoms with Gasteiger partial charge < -0.3 is 15.2 Å². The molecule has 0 saturated carbocycles. The van der Waals surface area contributed by atoms with Crippen LogP contribution < -0.4 is 10.1 Å². The van der Waals surface area contributed by atoms with E-state index in [4.69, 9.17) is 4.74 Å². The zero-order valence-electron chi connectivity index (χ0n) is 13.7. The van der Waals surface area contributed by atoms with Crippen LogP contribution in [0, 0.1) is 5.92 Å². The number of benzene rings is 1. The molecule has 7 nitrogen and oxygen atoms in total. The number of aryl methyl sites for hydroxylation is 1. The van der Waals surface area contributed by atoms with Gasteiger partial charge in [0, 0.05) is 19.8 Å². The minimum absolute atomic E-state index is 0.0519. The first-order chi connectivity index (χ1) is 11.5. The van der Waals surface area contributed by atoms with Crippen LogP contribution in [0.15, 0.2) is 36.7 Å². The second-order valence-electron chi connectivity index (χ2n) is 5.43. The lowest BCUT2D eigenvalue weighted by Crippen LogP contribution is -2.34. The van der Waals surface area contributed by atoms with Gasteiger partial charge in [0.1, 0.15) is 5.75 Å². The number of aliphatic carboxylic acids is 1. The summed E-state index contributed by atoms with van der Waals surface area (Å²) in [6, 6.07) is 7.30.